The Morgan fingerprint density at radius 1 is 0.565 bits per heavy atom. The Morgan fingerprint density at radius 2 is 1.17 bits per heavy atom. The number of dihydropyridines is 1. The van der Waals surface area contributed by atoms with Crippen molar-refractivity contribution in [3.05, 3.63) is 157 Å². The highest BCUT2D eigenvalue weighted by atomic mass is 14.8. The smallest absolute Gasteiger partial charge is 0.0716 e. The van der Waals surface area contributed by atoms with Crippen LogP contribution < -0.4 is 5.32 Å². The molecule has 2 heterocycles. The first-order valence-corrected chi connectivity index (χ1v) is 16.1. The number of hydrogen-bond acceptors (Lipinski definition) is 2. The van der Waals surface area contributed by atoms with Crippen molar-refractivity contribution >= 4 is 37.9 Å². The monoisotopic (exact) mass is 592 g/mol. The Labute approximate surface area is 270 Å². The summed E-state index contributed by atoms with van der Waals surface area (Å²) in [6.45, 7) is 7.72. The average molecular weight is 593 g/mol. The summed E-state index contributed by atoms with van der Waals surface area (Å²) < 4.78 is 0. The van der Waals surface area contributed by atoms with Gasteiger partial charge < -0.3 is 5.32 Å². The van der Waals surface area contributed by atoms with Gasteiger partial charge in [-0.25, -0.2) is 0 Å². The quantitative estimate of drug-likeness (QED) is 0.206. The third kappa shape index (κ3) is 4.97. The van der Waals surface area contributed by atoms with Gasteiger partial charge in [-0.3, -0.25) is 4.98 Å². The summed E-state index contributed by atoms with van der Waals surface area (Å²) in [6.07, 6.45) is 8.26. The molecular formula is C44H36N2. The maximum absolute atomic E-state index is 4.78. The third-order valence-corrected chi connectivity index (χ3v) is 9.26. The van der Waals surface area contributed by atoms with Crippen molar-refractivity contribution < 1.29 is 0 Å². The van der Waals surface area contributed by atoms with E-state index in [0.717, 1.165) is 23.4 Å². The predicted octanol–water partition coefficient (Wildman–Crippen LogP) is 11.3. The van der Waals surface area contributed by atoms with Crippen molar-refractivity contribution in [2.24, 2.45) is 0 Å². The first kappa shape index (κ1) is 28.0. The van der Waals surface area contributed by atoms with E-state index >= 15 is 0 Å². The zero-order valence-corrected chi connectivity index (χ0v) is 26.5. The van der Waals surface area contributed by atoms with Gasteiger partial charge in [0.25, 0.3) is 0 Å². The number of allylic oxidation sites excluding steroid dienone is 2. The normalized spacial score (nSPS) is 13.2. The molecule has 0 amide bonds. The Balaban J connectivity index is 1.28. The van der Waals surface area contributed by atoms with Crippen LogP contribution in [0.2, 0.25) is 0 Å². The highest BCUT2D eigenvalue weighted by Gasteiger charge is 2.19. The van der Waals surface area contributed by atoms with Crippen molar-refractivity contribution in [1.82, 2.24) is 10.3 Å². The van der Waals surface area contributed by atoms with Crippen LogP contribution in [0.3, 0.4) is 0 Å². The Bertz CT molecular complexity index is 2280. The van der Waals surface area contributed by atoms with E-state index in [9.17, 15) is 0 Å². The molecule has 0 bridgehead atoms. The molecule has 0 radical (unpaired) electrons. The minimum absolute atomic E-state index is 0.0748. The van der Waals surface area contributed by atoms with E-state index in [0.29, 0.717) is 0 Å². The molecule has 0 spiro atoms. The Kier molecular flexibility index (Phi) is 6.80. The molecule has 0 unspecified atom stereocenters. The Morgan fingerprint density at radius 3 is 1.76 bits per heavy atom. The molecule has 46 heavy (non-hydrogen) atoms. The summed E-state index contributed by atoms with van der Waals surface area (Å²) in [5, 5.41) is 10.8. The lowest BCUT2D eigenvalue weighted by atomic mass is 9.82. The maximum atomic E-state index is 4.78. The number of rotatable bonds is 4. The molecule has 2 nitrogen and oxygen atoms in total. The number of hydrogen-bond donors (Lipinski definition) is 1. The highest BCUT2D eigenvalue weighted by molar-refractivity contribution is 6.21. The number of benzene rings is 6. The van der Waals surface area contributed by atoms with E-state index in [2.05, 4.69) is 160 Å². The van der Waals surface area contributed by atoms with Crippen LogP contribution in [0.4, 0.5) is 0 Å². The summed E-state index contributed by atoms with van der Waals surface area (Å²) >= 11 is 0. The largest absolute Gasteiger partial charge is 0.387 e. The van der Waals surface area contributed by atoms with Gasteiger partial charge in [-0.05, 0) is 89.3 Å². The van der Waals surface area contributed by atoms with E-state index in [1.54, 1.807) is 0 Å². The number of pyridine rings is 1. The molecule has 2 heteroatoms. The van der Waals surface area contributed by atoms with Crippen LogP contribution >= 0.6 is 0 Å². The topological polar surface area (TPSA) is 24.9 Å². The fraction of sp³-hybridized carbons (Fsp3) is 0.114. The lowest BCUT2D eigenvalue weighted by Gasteiger charge is -2.22. The summed E-state index contributed by atoms with van der Waals surface area (Å²) in [5.41, 5.74) is 10.9. The minimum atomic E-state index is 0.0748. The van der Waals surface area contributed by atoms with Gasteiger partial charge in [-0.1, -0.05) is 136 Å². The van der Waals surface area contributed by atoms with Crippen LogP contribution in [-0.4, -0.2) is 11.5 Å². The maximum Gasteiger partial charge on any atom is 0.0716 e. The first-order chi connectivity index (χ1) is 22.4. The van der Waals surface area contributed by atoms with Crippen LogP contribution in [0.1, 0.15) is 32.0 Å². The van der Waals surface area contributed by atoms with E-state index in [-0.39, 0.29) is 5.41 Å². The molecule has 222 valence electrons. The van der Waals surface area contributed by atoms with Crippen molar-refractivity contribution in [2.75, 3.05) is 6.54 Å². The van der Waals surface area contributed by atoms with Crippen LogP contribution in [-0.2, 0) is 5.41 Å². The SMILES string of the molecule is CC(C)(C)c1cccc(-c2c3ccccc3c(-c3ccc4ccc(-c5ccc(C6=CNCC=C6)nc5)cc4c3)c3ccccc23)c1. The van der Waals surface area contributed by atoms with E-state index in [1.165, 1.54) is 65.7 Å². The molecule has 8 rings (SSSR count). The van der Waals surface area contributed by atoms with Crippen LogP contribution in [0.15, 0.2) is 146 Å². The number of nitrogens with one attached hydrogen (secondary N) is 1. The molecule has 1 aliphatic rings. The number of fused-ring (bicyclic) bond motifs is 3. The van der Waals surface area contributed by atoms with Crippen molar-refractivity contribution in [2.45, 2.75) is 26.2 Å². The molecule has 6 aromatic carbocycles. The Hall–Kier alpha value is -5.47. The molecule has 0 saturated carbocycles. The van der Waals surface area contributed by atoms with Gasteiger partial charge in [-0.15, -0.1) is 0 Å². The van der Waals surface area contributed by atoms with E-state index in [1.807, 2.05) is 12.4 Å². The summed E-state index contributed by atoms with van der Waals surface area (Å²) in [5.74, 6) is 0. The van der Waals surface area contributed by atoms with Gasteiger partial charge in [0, 0.05) is 30.1 Å². The van der Waals surface area contributed by atoms with Gasteiger partial charge >= 0.3 is 0 Å². The zero-order valence-electron chi connectivity index (χ0n) is 26.5. The number of nitrogens with zero attached hydrogens (tertiary/aromatic N) is 1. The summed E-state index contributed by atoms with van der Waals surface area (Å²) in [6, 6.07) is 44.8. The molecule has 7 aromatic rings. The lowest BCUT2D eigenvalue weighted by molar-refractivity contribution is 0.590. The molecule has 0 atom stereocenters. The first-order valence-electron chi connectivity index (χ1n) is 16.1. The third-order valence-electron chi connectivity index (χ3n) is 9.26. The van der Waals surface area contributed by atoms with Crippen molar-refractivity contribution in [1.29, 1.82) is 0 Å². The molecule has 0 saturated heterocycles. The fourth-order valence-corrected chi connectivity index (χ4v) is 6.84. The second-order valence-electron chi connectivity index (χ2n) is 13.3. The summed E-state index contributed by atoms with van der Waals surface area (Å²) in [4.78, 5) is 4.78. The highest BCUT2D eigenvalue weighted by Crippen LogP contribution is 2.44. The van der Waals surface area contributed by atoms with Crippen LogP contribution in [0.25, 0.3) is 71.3 Å². The van der Waals surface area contributed by atoms with Gasteiger partial charge in [0.1, 0.15) is 0 Å². The standard InChI is InChI=1S/C44H36N2/c1-44(2,3)36-12-8-10-31(26-36)42-37-13-4-6-15-39(37)43(40-16-7-5-14-38(40)42)32-20-18-29-17-19-30(24-35(29)25-32)33-21-22-41(46-28-33)34-11-9-23-45-27-34/h4-22,24-28,45H,23H2,1-3H3. The van der Waals surface area contributed by atoms with Gasteiger partial charge in [0.2, 0.25) is 0 Å². The van der Waals surface area contributed by atoms with Crippen molar-refractivity contribution in [3.63, 3.8) is 0 Å². The van der Waals surface area contributed by atoms with Gasteiger partial charge in [0.05, 0.1) is 5.69 Å². The van der Waals surface area contributed by atoms with Gasteiger partial charge in [-0.2, -0.15) is 0 Å². The van der Waals surface area contributed by atoms with Crippen molar-refractivity contribution in [3.8, 4) is 33.4 Å². The molecular weight excluding hydrogens is 556 g/mol. The van der Waals surface area contributed by atoms with Crippen LogP contribution in [0, 0.1) is 0 Å². The molecule has 0 fully saturated rings. The predicted molar refractivity (Wildman–Crippen MR) is 197 cm³/mol. The molecule has 0 aliphatic carbocycles. The fourth-order valence-electron chi connectivity index (χ4n) is 6.84. The number of aromatic nitrogens is 1. The van der Waals surface area contributed by atoms with Crippen LogP contribution in [0.5, 0.6) is 0 Å². The summed E-state index contributed by atoms with van der Waals surface area (Å²) in [7, 11) is 0. The van der Waals surface area contributed by atoms with Gasteiger partial charge in [0.15, 0.2) is 0 Å². The molecule has 1 aromatic heterocycles. The lowest BCUT2D eigenvalue weighted by Crippen LogP contribution is -2.10. The zero-order chi connectivity index (χ0) is 31.3. The molecule has 1 aliphatic heterocycles. The second-order valence-corrected chi connectivity index (χ2v) is 13.3. The minimum Gasteiger partial charge on any atom is -0.387 e. The van der Waals surface area contributed by atoms with E-state index < -0.39 is 0 Å². The average Bonchev–Trinajstić information content (AvgIpc) is 3.10. The molecule has 1 N–H and O–H groups in total. The van der Waals surface area contributed by atoms with E-state index in [4.69, 9.17) is 4.98 Å². The second kappa shape index (κ2) is 11.2.